The van der Waals surface area contributed by atoms with Crippen molar-refractivity contribution in [1.82, 2.24) is 9.38 Å². The van der Waals surface area contributed by atoms with Crippen LogP contribution in [0.15, 0.2) is 53.5 Å². The van der Waals surface area contributed by atoms with E-state index in [1.54, 1.807) is 6.07 Å². The van der Waals surface area contributed by atoms with Crippen LogP contribution in [0.1, 0.15) is 11.3 Å². The number of hydrogen-bond donors (Lipinski definition) is 0. The molecule has 0 aliphatic rings. The van der Waals surface area contributed by atoms with Crippen molar-refractivity contribution in [3.05, 3.63) is 75.3 Å². The molecule has 0 unspecified atom stereocenters. The van der Waals surface area contributed by atoms with Gasteiger partial charge in [0.05, 0.1) is 16.3 Å². The van der Waals surface area contributed by atoms with E-state index in [9.17, 15) is 18.0 Å². The van der Waals surface area contributed by atoms with E-state index in [4.69, 9.17) is 16.3 Å². The average Bonchev–Trinajstić information content (AvgIpc) is 2.53. The van der Waals surface area contributed by atoms with Crippen LogP contribution in [0.4, 0.5) is 13.2 Å². The van der Waals surface area contributed by atoms with Crippen LogP contribution in [0.2, 0.25) is 5.02 Å². The summed E-state index contributed by atoms with van der Waals surface area (Å²) in [6.45, 7) is -0.262. The van der Waals surface area contributed by atoms with Crippen molar-refractivity contribution < 1.29 is 17.9 Å². The SMILES string of the molecule is O=c1cc(COc2ccccc2C(F)(F)F)nc2ccc(Cl)cn12. The fourth-order valence-electron chi connectivity index (χ4n) is 2.18. The maximum atomic E-state index is 12.9. The van der Waals surface area contributed by atoms with E-state index in [-0.39, 0.29) is 18.1 Å². The van der Waals surface area contributed by atoms with Crippen LogP contribution in [0, 0.1) is 0 Å². The van der Waals surface area contributed by atoms with Crippen molar-refractivity contribution in [2.75, 3.05) is 0 Å². The molecule has 0 aliphatic heterocycles. The summed E-state index contributed by atoms with van der Waals surface area (Å²) in [4.78, 5) is 16.2. The number of alkyl halides is 3. The Morgan fingerprint density at radius 1 is 1.17 bits per heavy atom. The zero-order chi connectivity index (χ0) is 17.3. The number of benzene rings is 1. The number of para-hydroxylation sites is 1. The molecule has 0 amide bonds. The van der Waals surface area contributed by atoms with Crippen molar-refractivity contribution in [3.8, 4) is 5.75 Å². The van der Waals surface area contributed by atoms with Crippen molar-refractivity contribution in [1.29, 1.82) is 0 Å². The second-order valence-corrected chi connectivity index (χ2v) is 5.38. The van der Waals surface area contributed by atoms with Crippen molar-refractivity contribution >= 4 is 17.2 Å². The van der Waals surface area contributed by atoms with Crippen LogP contribution in [0.25, 0.3) is 5.65 Å². The molecule has 0 fully saturated rings. The maximum Gasteiger partial charge on any atom is 0.419 e. The summed E-state index contributed by atoms with van der Waals surface area (Å²) < 4.78 is 45.2. The van der Waals surface area contributed by atoms with E-state index in [1.807, 2.05) is 0 Å². The van der Waals surface area contributed by atoms with E-state index in [0.717, 1.165) is 6.07 Å². The Kier molecular flexibility index (Phi) is 4.19. The molecule has 4 nitrogen and oxygen atoms in total. The highest BCUT2D eigenvalue weighted by Gasteiger charge is 2.34. The predicted molar refractivity (Wildman–Crippen MR) is 82.2 cm³/mol. The van der Waals surface area contributed by atoms with Gasteiger partial charge in [-0.05, 0) is 24.3 Å². The molecule has 3 aromatic rings. The second-order valence-electron chi connectivity index (χ2n) is 4.94. The third-order valence-electron chi connectivity index (χ3n) is 3.24. The lowest BCUT2D eigenvalue weighted by Gasteiger charge is -2.13. The number of pyridine rings is 1. The Bertz CT molecular complexity index is 954. The monoisotopic (exact) mass is 354 g/mol. The minimum Gasteiger partial charge on any atom is -0.487 e. The lowest BCUT2D eigenvalue weighted by atomic mass is 10.2. The highest BCUT2D eigenvalue weighted by Crippen LogP contribution is 2.36. The Morgan fingerprint density at radius 2 is 1.92 bits per heavy atom. The van der Waals surface area contributed by atoms with E-state index >= 15 is 0 Å². The van der Waals surface area contributed by atoms with Gasteiger partial charge in [-0.15, -0.1) is 0 Å². The van der Waals surface area contributed by atoms with Gasteiger partial charge >= 0.3 is 6.18 Å². The first-order chi connectivity index (χ1) is 11.3. The highest BCUT2D eigenvalue weighted by atomic mass is 35.5. The summed E-state index contributed by atoms with van der Waals surface area (Å²) in [7, 11) is 0. The quantitative estimate of drug-likeness (QED) is 0.715. The molecule has 0 saturated heterocycles. The van der Waals surface area contributed by atoms with Crippen LogP contribution in [-0.2, 0) is 12.8 Å². The van der Waals surface area contributed by atoms with E-state index in [2.05, 4.69) is 4.98 Å². The number of hydrogen-bond acceptors (Lipinski definition) is 3. The van der Waals surface area contributed by atoms with Gasteiger partial charge in [-0.25, -0.2) is 4.98 Å². The highest BCUT2D eigenvalue weighted by molar-refractivity contribution is 6.30. The van der Waals surface area contributed by atoms with Crippen molar-refractivity contribution in [3.63, 3.8) is 0 Å². The number of ether oxygens (including phenoxy) is 1. The third kappa shape index (κ3) is 3.35. The van der Waals surface area contributed by atoms with Gasteiger partial charge in [0, 0.05) is 12.3 Å². The minimum atomic E-state index is -4.52. The molecule has 2 aromatic heterocycles. The van der Waals surface area contributed by atoms with Gasteiger partial charge < -0.3 is 4.74 Å². The molecular weight excluding hydrogens is 345 g/mol. The number of halogens is 4. The van der Waals surface area contributed by atoms with Gasteiger partial charge in [0.2, 0.25) is 0 Å². The first-order valence-corrected chi connectivity index (χ1v) is 7.19. The van der Waals surface area contributed by atoms with Gasteiger partial charge in [-0.3, -0.25) is 9.20 Å². The molecule has 0 atom stereocenters. The van der Waals surface area contributed by atoms with Crippen LogP contribution in [0.3, 0.4) is 0 Å². The summed E-state index contributed by atoms with van der Waals surface area (Å²) >= 11 is 5.81. The maximum absolute atomic E-state index is 12.9. The fourth-order valence-corrected chi connectivity index (χ4v) is 2.34. The van der Waals surface area contributed by atoms with Crippen molar-refractivity contribution in [2.24, 2.45) is 0 Å². The molecule has 24 heavy (non-hydrogen) atoms. The summed E-state index contributed by atoms with van der Waals surface area (Å²) in [5.74, 6) is -0.317. The number of nitrogens with zero attached hydrogens (tertiary/aromatic N) is 2. The standard InChI is InChI=1S/C16H10ClF3N2O2/c17-10-5-6-14-21-11(7-15(23)22(14)8-10)9-24-13-4-2-1-3-12(13)16(18,19)20/h1-8H,9H2. The predicted octanol–water partition coefficient (Wildman–Crippen LogP) is 3.95. The first-order valence-electron chi connectivity index (χ1n) is 6.81. The van der Waals surface area contributed by atoms with Crippen molar-refractivity contribution in [2.45, 2.75) is 12.8 Å². The number of fused-ring (bicyclic) bond motifs is 1. The molecule has 0 bridgehead atoms. The van der Waals surface area contributed by atoms with Gasteiger partial charge in [-0.2, -0.15) is 13.2 Å². The fraction of sp³-hybridized carbons (Fsp3) is 0.125. The summed E-state index contributed by atoms with van der Waals surface area (Å²) in [5.41, 5.74) is -0.728. The molecule has 0 radical (unpaired) electrons. The molecule has 1 aromatic carbocycles. The smallest absolute Gasteiger partial charge is 0.419 e. The van der Waals surface area contributed by atoms with Gasteiger partial charge in [0.25, 0.3) is 5.56 Å². The van der Waals surface area contributed by atoms with Crippen LogP contribution < -0.4 is 10.3 Å². The molecule has 0 N–H and O–H groups in total. The molecule has 8 heteroatoms. The molecule has 0 saturated carbocycles. The summed E-state index contributed by atoms with van der Waals surface area (Å²) in [6, 6.07) is 9.16. The lowest BCUT2D eigenvalue weighted by molar-refractivity contribution is -0.139. The molecule has 0 spiro atoms. The Hall–Kier alpha value is -2.54. The van der Waals surface area contributed by atoms with Gasteiger partial charge in [0.1, 0.15) is 18.0 Å². The van der Waals surface area contributed by atoms with E-state index in [1.165, 1.54) is 40.9 Å². The molecule has 3 rings (SSSR count). The molecule has 124 valence electrons. The second kappa shape index (κ2) is 6.16. The molecule has 2 heterocycles. The molecule has 0 aliphatic carbocycles. The van der Waals surface area contributed by atoms with E-state index in [0.29, 0.717) is 10.7 Å². The topological polar surface area (TPSA) is 43.6 Å². The molecular formula is C16H10ClF3N2O2. The lowest BCUT2D eigenvalue weighted by Crippen LogP contribution is -2.16. The van der Waals surface area contributed by atoms with E-state index < -0.39 is 17.3 Å². The normalized spacial score (nSPS) is 11.7. The van der Waals surface area contributed by atoms with Gasteiger partial charge in [0.15, 0.2) is 0 Å². The van der Waals surface area contributed by atoms with Crippen LogP contribution >= 0.6 is 11.6 Å². The zero-order valence-corrected chi connectivity index (χ0v) is 12.8. The average molecular weight is 355 g/mol. The Morgan fingerprint density at radius 3 is 2.67 bits per heavy atom. The zero-order valence-electron chi connectivity index (χ0n) is 12.0. The summed E-state index contributed by atoms with van der Waals surface area (Å²) in [6.07, 6.45) is -3.11. The van der Waals surface area contributed by atoms with Crippen LogP contribution in [0.5, 0.6) is 5.75 Å². The number of aromatic nitrogens is 2. The summed E-state index contributed by atoms with van der Waals surface area (Å²) in [5, 5.41) is 0.370. The minimum absolute atomic E-state index is 0.222. The Labute approximate surface area is 139 Å². The first kappa shape index (κ1) is 16.3. The Balaban J connectivity index is 1.90. The largest absolute Gasteiger partial charge is 0.487 e. The van der Waals surface area contributed by atoms with Gasteiger partial charge in [-0.1, -0.05) is 23.7 Å². The number of rotatable bonds is 3. The van der Waals surface area contributed by atoms with Crippen LogP contribution in [-0.4, -0.2) is 9.38 Å². The third-order valence-corrected chi connectivity index (χ3v) is 3.47.